The molecule has 0 amide bonds. The molecule has 2 heterocycles. The lowest BCUT2D eigenvalue weighted by Crippen LogP contribution is -2.40. The molecule has 1 unspecified atom stereocenters. The van der Waals surface area contributed by atoms with Crippen molar-refractivity contribution in [1.82, 2.24) is 0 Å². The van der Waals surface area contributed by atoms with Crippen LogP contribution in [-0.2, 0) is 4.79 Å². The molecule has 8 heteroatoms. The maximum atomic E-state index is 13.1. The van der Waals surface area contributed by atoms with Gasteiger partial charge in [-0.15, -0.1) is 0 Å². The van der Waals surface area contributed by atoms with Crippen molar-refractivity contribution < 1.29 is 32.2 Å². The number of carboxylic acid groups (broad SMARTS) is 1. The maximum absolute atomic E-state index is 13.1. The van der Waals surface area contributed by atoms with E-state index in [1.165, 1.54) is 24.5 Å². The summed E-state index contributed by atoms with van der Waals surface area (Å²) in [5.41, 5.74) is -0.549. The highest BCUT2D eigenvalue weighted by atomic mass is 35.5. The van der Waals surface area contributed by atoms with Crippen molar-refractivity contribution in [2.45, 2.75) is 12.3 Å². The van der Waals surface area contributed by atoms with E-state index in [9.17, 15) is 18.0 Å². The van der Waals surface area contributed by atoms with Crippen molar-refractivity contribution in [3.05, 3.63) is 46.7 Å². The molecule has 0 bridgehead atoms. The van der Waals surface area contributed by atoms with Crippen LogP contribution in [0.15, 0.2) is 40.5 Å². The average molecular weight is 345 g/mol. The number of aliphatic carboxylic acids is 1. The maximum Gasteiger partial charge on any atom is 0.430 e. The van der Waals surface area contributed by atoms with Crippen LogP contribution in [0.1, 0.15) is 5.56 Å². The minimum atomic E-state index is -4.87. The molecule has 1 aliphatic heterocycles. The number of ether oxygens (including phenoxy) is 1. The number of fused-ring (bicyclic) bond motifs is 1. The largest absolute Gasteiger partial charge is 0.478 e. The molecular weight excluding hydrogens is 337 g/mol. The first-order valence-corrected chi connectivity index (χ1v) is 6.71. The van der Waals surface area contributed by atoms with Crippen LogP contribution in [-0.4, -0.2) is 23.4 Å². The molecule has 120 valence electrons. The summed E-state index contributed by atoms with van der Waals surface area (Å²) in [7, 11) is 0. The number of benzene rings is 1. The highest BCUT2D eigenvalue weighted by molar-refractivity contribution is 6.31. The van der Waals surface area contributed by atoms with Crippen LogP contribution >= 0.6 is 11.6 Å². The molecule has 0 fully saturated rings. The molecule has 1 aromatic heterocycles. The Morgan fingerprint density at radius 3 is 2.61 bits per heavy atom. The fourth-order valence-corrected chi connectivity index (χ4v) is 2.54. The van der Waals surface area contributed by atoms with Crippen molar-refractivity contribution in [3.8, 4) is 17.1 Å². The van der Waals surface area contributed by atoms with Gasteiger partial charge in [0, 0.05) is 10.6 Å². The molecule has 0 aliphatic carbocycles. The van der Waals surface area contributed by atoms with Crippen molar-refractivity contribution in [3.63, 3.8) is 0 Å². The third-order valence-corrected chi connectivity index (χ3v) is 3.46. The fraction of sp³-hybridized carbons (Fsp3) is 0.133. The third kappa shape index (κ3) is 2.79. The van der Waals surface area contributed by atoms with Gasteiger partial charge >= 0.3 is 12.1 Å². The first-order chi connectivity index (χ1) is 10.8. The lowest BCUT2D eigenvalue weighted by Gasteiger charge is -2.28. The number of alkyl halides is 3. The van der Waals surface area contributed by atoms with Crippen LogP contribution in [0.4, 0.5) is 13.2 Å². The molecule has 0 radical (unpaired) electrons. The van der Waals surface area contributed by atoms with Gasteiger partial charge in [0.05, 0.1) is 17.4 Å². The number of rotatable bonds is 2. The molecule has 1 atom stereocenters. The minimum absolute atomic E-state index is 0.128. The Morgan fingerprint density at radius 2 is 2.04 bits per heavy atom. The molecule has 1 N–H and O–H groups in total. The number of halogens is 4. The molecular formula is C15H8ClF3O4. The molecule has 0 saturated heterocycles. The van der Waals surface area contributed by atoms with Crippen molar-refractivity contribution in [1.29, 1.82) is 0 Å². The number of hydrogen-bond acceptors (Lipinski definition) is 3. The lowest BCUT2D eigenvalue weighted by molar-refractivity contribution is -0.187. The highest BCUT2D eigenvalue weighted by Gasteiger charge is 2.49. The summed E-state index contributed by atoms with van der Waals surface area (Å²) < 4.78 is 49.5. The van der Waals surface area contributed by atoms with Gasteiger partial charge in [0.15, 0.2) is 0 Å². The number of furan rings is 1. The first kappa shape index (κ1) is 15.5. The number of hydrogen-bond donors (Lipinski definition) is 1. The summed E-state index contributed by atoms with van der Waals surface area (Å²) in [5.74, 6) is -1.58. The van der Waals surface area contributed by atoms with E-state index >= 15 is 0 Å². The van der Waals surface area contributed by atoms with E-state index in [0.29, 0.717) is 0 Å². The van der Waals surface area contributed by atoms with Crippen LogP contribution in [0.25, 0.3) is 17.4 Å². The summed E-state index contributed by atoms with van der Waals surface area (Å²) in [6.07, 6.45) is -5.17. The molecule has 0 spiro atoms. The smallest absolute Gasteiger partial charge is 0.430 e. The van der Waals surface area contributed by atoms with Gasteiger partial charge < -0.3 is 14.3 Å². The molecule has 2 aromatic rings. The standard InChI is InChI=1S/C15H8ClF3O4/c16-8-4-7-5-10(14(20)21)13(15(17,18)19)23-12(7)9(6-8)11-2-1-3-22-11/h1-6,13H,(H,20,21). The summed E-state index contributed by atoms with van der Waals surface area (Å²) in [6.45, 7) is 0. The normalized spacial score (nSPS) is 17.2. The molecule has 3 rings (SSSR count). The third-order valence-electron chi connectivity index (χ3n) is 3.24. The zero-order chi connectivity index (χ0) is 16.8. The topological polar surface area (TPSA) is 59.7 Å². The quantitative estimate of drug-likeness (QED) is 0.877. The van der Waals surface area contributed by atoms with Crippen molar-refractivity contribution in [2.75, 3.05) is 0 Å². The van der Waals surface area contributed by atoms with Gasteiger partial charge in [-0.25, -0.2) is 4.79 Å². The predicted octanol–water partition coefficient (Wildman–Crippen LogP) is 4.39. The molecule has 0 saturated carbocycles. The Balaban J connectivity index is 2.22. The number of carboxylic acids is 1. The second-order valence-electron chi connectivity index (χ2n) is 4.79. The Labute approximate surface area is 132 Å². The van der Waals surface area contributed by atoms with E-state index in [4.69, 9.17) is 25.9 Å². The van der Waals surface area contributed by atoms with Gasteiger partial charge in [-0.2, -0.15) is 13.2 Å². The van der Waals surface area contributed by atoms with Crippen molar-refractivity contribution in [2.24, 2.45) is 0 Å². The van der Waals surface area contributed by atoms with E-state index < -0.39 is 23.8 Å². The van der Waals surface area contributed by atoms with Gasteiger partial charge in [0.25, 0.3) is 0 Å². The summed E-state index contributed by atoms with van der Waals surface area (Å²) in [4.78, 5) is 11.1. The average Bonchev–Trinajstić information content (AvgIpc) is 2.97. The lowest BCUT2D eigenvalue weighted by atomic mass is 9.98. The van der Waals surface area contributed by atoms with E-state index in [1.807, 2.05) is 0 Å². The second-order valence-corrected chi connectivity index (χ2v) is 5.23. The molecule has 4 nitrogen and oxygen atoms in total. The second kappa shape index (κ2) is 5.34. The Morgan fingerprint density at radius 1 is 1.30 bits per heavy atom. The van der Waals surface area contributed by atoms with Gasteiger partial charge in [0.2, 0.25) is 6.10 Å². The van der Waals surface area contributed by atoms with Crippen molar-refractivity contribution >= 4 is 23.6 Å². The van der Waals surface area contributed by atoms with E-state index in [2.05, 4.69) is 0 Å². The molecule has 23 heavy (non-hydrogen) atoms. The zero-order valence-electron chi connectivity index (χ0n) is 11.2. The number of carbonyl (C=O) groups is 1. The summed E-state index contributed by atoms with van der Waals surface area (Å²) >= 11 is 5.96. The first-order valence-electron chi connectivity index (χ1n) is 6.33. The van der Waals surface area contributed by atoms with Crippen LogP contribution in [0, 0.1) is 0 Å². The zero-order valence-corrected chi connectivity index (χ0v) is 12.0. The predicted molar refractivity (Wildman–Crippen MR) is 75.2 cm³/mol. The van der Waals surface area contributed by atoms with Gasteiger partial charge in [-0.05, 0) is 30.3 Å². The minimum Gasteiger partial charge on any atom is -0.478 e. The van der Waals surface area contributed by atoms with Gasteiger partial charge in [0.1, 0.15) is 11.5 Å². The van der Waals surface area contributed by atoms with E-state index in [1.54, 1.807) is 6.07 Å². The van der Waals surface area contributed by atoms with E-state index in [-0.39, 0.29) is 27.7 Å². The van der Waals surface area contributed by atoms with Crippen LogP contribution in [0.5, 0.6) is 5.75 Å². The van der Waals surface area contributed by atoms with Gasteiger partial charge in [-0.3, -0.25) is 0 Å². The van der Waals surface area contributed by atoms with Gasteiger partial charge in [-0.1, -0.05) is 11.6 Å². The fourth-order valence-electron chi connectivity index (χ4n) is 2.31. The van der Waals surface area contributed by atoms with E-state index in [0.717, 1.165) is 6.08 Å². The molecule has 1 aromatic carbocycles. The molecule has 1 aliphatic rings. The SMILES string of the molecule is O=C(O)C1=Cc2cc(Cl)cc(-c3ccco3)c2OC1C(F)(F)F. The monoisotopic (exact) mass is 344 g/mol. The van der Waals surface area contributed by atoms with Crippen LogP contribution < -0.4 is 4.74 Å². The Bertz CT molecular complexity index is 794. The Kier molecular flexibility index (Phi) is 3.60. The van der Waals surface area contributed by atoms with Crippen LogP contribution in [0.2, 0.25) is 5.02 Å². The Hall–Kier alpha value is -2.41. The summed E-state index contributed by atoms with van der Waals surface area (Å²) in [6, 6.07) is 5.82. The highest BCUT2D eigenvalue weighted by Crippen LogP contribution is 2.44. The summed E-state index contributed by atoms with van der Waals surface area (Å²) in [5, 5.41) is 9.23. The van der Waals surface area contributed by atoms with Crippen LogP contribution in [0.3, 0.4) is 0 Å².